The third kappa shape index (κ3) is 4.14. The number of nitrogens with one attached hydrogen (secondary N) is 2. The Labute approximate surface area is 134 Å². The highest BCUT2D eigenvalue weighted by molar-refractivity contribution is 7.89. The topological polar surface area (TPSA) is 58.2 Å². The van der Waals surface area contributed by atoms with Crippen molar-refractivity contribution >= 4 is 32.7 Å². The summed E-state index contributed by atoms with van der Waals surface area (Å²) in [4.78, 5) is 2.33. The summed E-state index contributed by atoms with van der Waals surface area (Å²) in [6, 6.07) is 3.73. The van der Waals surface area contributed by atoms with Gasteiger partial charge in [-0.2, -0.15) is 0 Å². The van der Waals surface area contributed by atoms with Gasteiger partial charge in [-0.1, -0.05) is 13.8 Å². The Morgan fingerprint density at radius 1 is 1.05 bits per heavy atom. The Bertz CT molecular complexity index is 674. The molecular weight excluding hydrogens is 324 g/mol. The first-order chi connectivity index (χ1) is 10.1. The molecule has 2 heterocycles. The molecule has 0 radical (unpaired) electrons. The zero-order valence-electron chi connectivity index (χ0n) is 12.2. The normalized spacial score (nSPS) is 11.9. The molecule has 0 amide bonds. The zero-order valence-corrected chi connectivity index (χ0v) is 14.6. The molecule has 0 bridgehead atoms. The van der Waals surface area contributed by atoms with E-state index in [1.165, 1.54) is 16.9 Å². The molecule has 0 saturated carbocycles. The standard InChI is InChI=1S/C14H20N2O2S3/c1-3-11-5-7-19-12(11)10-16-21(17,18)14-6-8-20-13(14)9-15-4-2/h5-8,15-16H,3-4,9-10H2,1-2H3. The van der Waals surface area contributed by atoms with Crippen molar-refractivity contribution in [2.24, 2.45) is 0 Å². The van der Waals surface area contributed by atoms with Gasteiger partial charge in [0.15, 0.2) is 0 Å². The molecule has 0 aliphatic rings. The van der Waals surface area contributed by atoms with Gasteiger partial charge in [-0.05, 0) is 41.4 Å². The van der Waals surface area contributed by atoms with Gasteiger partial charge in [-0.3, -0.25) is 0 Å². The van der Waals surface area contributed by atoms with E-state index in [0.717, 1.165) is 22.7 Å². The Morgan fingerprint density at radius 3 is 2.48 bits per heavy atom. The second-order valence-electron chi connectivity index (χ2n) is 4.54. The van der Waals surface area contributed by atoms with Crippen molar-refractivity contribution in [1.82, 2.24) is 10.0 Å². The van der Waals surface area contributed by atoms with Crippen LogP contribution >= 0.6 is 22.7 Å². The Morgan fingerprint density at radius 2 is 1.76 bits per heavy atom. The summed E-state index contributed by atoms with van der Waals surface area (Å²) in [6.07, 6.45) is 0.921. The molecule has 2 aromatic rings. The Hall–Kier alpha value is -0.730. The third-order valence-corrected chi connectivity index (χ3v) is 6.67. The van der Waals surface area contributed by atoms with Gasteiger partial charge in [0.25, 0.3) is 0 Å². The van der Waals surface area contributed by atoms with Crippen molar-refractivity contribution < 1.29 is 8.42 Å². The Kier molecular flexibility index (Phi) is 5.95. The predicted octanol–water partition coefficient (Wildman–Crippen LogP) is 2.96. The Balaban J connectivity index is 2.10. The molecule has 116 valence electrons. The van der Waals surface area contributed by atoms with Crippen LogP contribution in [0.2, 0.25) is 0 Å². The average Bonchev–Trinajstić information content (AvgIpc) is 3.11. The summed E-state index contributed by atoms with van der Waals surface area (Å²) in [7, 11) is -3.45. The van der Waals surface area contributed by atoms with Crippen molar-refractivity contribution in [1.29, 1.82) is 0 Å². The van der Waals surface area contributed by atoms with Gasteiger partial charge in [-0.25, -0.2) is 13.1 Å². The molecule has 21 heavy (non-hydrogen) atoms. The van der Waals surface area contributed by atoms with E-state index in [1.54, 1.807) is 17.4 Å². The molecule has 0 unspecified atom stereocenters. The predicted molar refractivity (Wildman–Crippen MR) is 89.4 cm³/mol. The fraction of sp³-hybridized carbons (Fsp3) is 0.429. The maximum atomic E-state index is 12.4. The van der Waals surface area contributed by atoms with Crippen LogP contribution in [0.5, 0.6) is 0 Å². The molecule has 2 aromatic heterocycles. The molecule has 0 spiro atoms. The van der Waals surface area contributed by atoms with Crippen molar-refractivity contribution in [2.75, 3.05) is 6.54 Å². The molecule has 0 saturated heterocycles. The lowest BCUT2D eigenvalue weighted by Gasteiger charge is -2.08. The minimum Gasteiger partial charge on any atom is -0.312 e. The first-order valence-corrected chi connectivity index (χ1v) is 10.1. The summed E-state index contributed by atoms with van der Waals surface area (Å²) in [6.45, 7) is 5.85. The molecule has 0 atom stereocenters. The quantitative estimate of drug-likeness (QED) is 0.774. The number of aryl methyl sites for hydroxylation is 1. The molecule has 7 heteroatoms. The van der Waals surface area contributed by atoms with E-state index >= 15 is 0 Å². The molecule has 0 aliphatic heterocycles. The number of rotatable bonds is 8. The summed E-state index contributed by atoms with van der Waals surface area (Å²) < 4.78 is 27.6. The summed E-state index contributed by atoms with van der Waals surface area (Å²) in [5.41, 5.74) is 1.21. The average molecular weight is 345 g/mol. The highest BCUT2D eigenvalue weighted by Gasteiger charge is 2.19. The first kappa shape index (κ1) is 16.6. The lowest BCUT2D eigenvalue weighted by molar-refractivity contribution is 0.580. The fourth-order valence-corrected chi connectivity index (χ4v) is 5.42. The van der Waals surface area contributed by atoms with Gasteiger partial charge >= 0.3 is 0 Å². The van der Waals surface area contributed by atoms with Crippen molar-refractivity contribution in [3.8, 4) is 0 Å². The fourth-order valence-electron chi connectivity index (χ4n) is 2.01. The van der Waals surface area contributed by atoms with E-state index in [2.05, 4.69) is 23.0 Å². The summed E-state index contributed by atoms with van der Waals surface area (Å²) in [5, 5.41) is 7.00. The minimum atomic E-state index is -3.45. The smallest absolute Gasteiger partial charge is 0.242 e. The maximum Gasteiger partial charge on any atom is 0.242 e. The zero-order chi connectivity index (χ0) is 15.3. The van der Waals surface area contributed by atoms with E-state index in [1.807, 2.05) is 17.7 Å². The minimum absolute atomic E-state index is 0.361. The van der Waals surface area contributed by atoms with Gasteiger partial charge < -0.3 is 5.32 Å². The third-order valence-electron chi connectivity index (χ3n) is 3.17. The van der Waals surface area contributed by atoms with Gasteiger partial charge in [0.1, 0.15) is 0 Å². The second kappa shape index (κ2) is 7.51. The number of sulfonamides is 1. The summed E-state index contributed by atoms with van der Waals surface area (Å²) in [5.74, 6) is 0. The first-order valence-electron chi connectivity index (χ1n) is 6.90. The maximum absolute atomic E-state index is 12.4. The van der Waals surface area contributed by atoms with Crippen molar-refractivity contribution in [3.05, 3.63) is 38.2 Å². The van der Waals surface area contributed by atoms with Crippen LogP contribution in [-0.4, -0.2) is 15.0 Å². The van der Waals surface area contributed by atoms with Gasteiger partial charge in [0.05, 0.1) is 4.90 Å². The lowest BCUT2D eigenvalue weighted by atomic mass is 10.2. The van der Waals surface area contributed by atoms with Gasteiger partial charge in [0, 0.05) is 22.8 Å². The van der Waals surface area contributed by atoms with Crippen molar-refractivity contribution in [3.63, 3.8) is 0 Å². The van der Waals surface area contributed by atoms with E-state index in [4.69, 9.17) is 0 Å². The van der Waals surface area contributed by atoms with Crippen LogP contribution in [-0.2, 0) is 29.5 Å². The highest BCUT2D eigenvalue weighted by atomic mass is 32.2. The van der Waals surface area contributed by atoms with Crippen LogP contribution in [0.4, 0.5) is 0 Å². The largest absolute Gasteiger partial charge is 0.312 e. The van der Waals surface area contributed by atoms with Crippen LogP contribution in [0.3, 0.4) is 0 Å². The molecular formula is C14H20N2O2S3. The second-order valence-corrected chi connectivity index (χ2v) is 8.27. The number of hydrogen-bond acceptors (Lipinski definition) is 5. The van der Waals surface area contributed by atoms with Gasteiger partial charge in [0.2, 0.25) is 10.0 Å². The van der Waals surface area contributed by atoms with Crippen LogP contribution < -0.4 is 10.0 Å². The highest BCUT2D eigenvalue weighted by Crippen LogP contribution is 2.23. The van der Waals surface area contributed by atoms with E-state index in [0.29, 0.717) is 18.0 Å². The molecule has 4 nitrogen and oxygen atoms in total. The van der Waals surface area contributed by atoms with Crippen molar-refractivity contribution in [2.45, 2.75) is 38.3 Å². The van der Waals surface area contributed by atoms with E-state index in [9.17, 15) is 8.42 Å². The number of thiophene rings is 2. The number of hydrogen-bond donors (Lipinski definition) is 2. The van der Waals surface area contributed by atoms with Crippen LogP contribution in [0.25, 0.3) is 0 Å². The van der Waals surface area contributed by atoms with Gasteiger partial charge in [-0.15, -0.1) is 22.7 Å². The molecule has 0 aromatic carbocycles. The van der Waals surface area contributed by atoms with Crippen LogP contribution in [0.1, 0.15) is 29.2 Å². The molecule has 0 aliphatic carbocycles. The van der Waals surface area contributed by atoms with E-state index in [-0.39, 0.29) is 0 Å². The molecule has 2 N–H and O–H groups in total. The molecule has 2 rings (SSSR count). The lowest BCUT2D eigenvalue weighted by Crippen LogP contribution is -2.24. The molecule has 0 fully saturated rings. The van der Waals surface area contributed by atoms with Crippen LogP contribution in [0.15, 0.2) is 27.8 Å². The monoisotopic (exact) mass is 344 g/mol. The van der Waals surface area contributed by atoms with E-state index < -0.39 is 10.0 Å². The van der Waals surface area contributed by atoms with Crippen LogP contribution in [0, 0.1) is 0 Å². The summed E-state index contributed by atoms with van der Waals surface area (Å²) >= 11 is 3.06. The SMILES string of the molecule is CCNCc1sccc1S(=O)(=O)NCc1sccc1CC.